The smallest absolute Gasteiger partial charge is 0.280 e. The highest BCUT2D eigenvalue weighted by Gasteiger charge is 2.18. The molecule has 1 atom stereocenters. The number of rotatable bonds is 6. The summed E-state index contributed by atoms with van der Waals surface area (Å²) in [4.78, 5) is 39.0. The normalized spacial score (nSPS) is 12.3. The molecule has 0 aliphatic rings. The fourth-order valence-corrected chi connectivity index (χ4v) is 2.57. The van der Waals surface area contributed by atoms with Crippen molar-refractivity contribution in [1.29, 1.82) is 0 Å². The van der Waals surface area contributed by atoms with Crippen LogP contribution in [0.2, 0.25) is 0 Å². The zero-order valence-electron chi connectivity index (χ0n) is 15.5. The first kappa shape index (κ1) is 18.5. The van der Waals surface area contributed by atoms with Gasteiger partial charge in [0.1, 0.15) is 0 Å². The predicted molar refractivity (Wildman–Crippen MR) is 104 cm³/mol. The average molecular weight is 366 g/mol. The van der Waals surface area contributed by atoms with Crippen LogP contribution in [0, 0.1) is 11.8 Å². The second-order valence-corrected chi connectivity index (χ2v) is 6.81. The van der Waals surface area contributed by atoms with Gasteiger partial charge in [0.15, 0.2) is 16.9 Å². The highest BCUT2D eigenvalue weighted by Crippen LogP contribution is 2.18. The Morgan fingerprint density at radius 3 is 2.56 bits per heavy atom. The Morgan fingerprint density at radius 2 is 1.89 bits per heavy atom. The molecule has 140 valence electrons. The first-order valence-electron chi connectivity index (χ1n) is 8.74. The molecule has 2 aromatic heterocycles. The summed E-state index contributed by atoms with van der Waals surface area (Å²) < 4.78 is 0. The molecule has 3 aromatic rings. The molecule has 3 rings (SSSR count). The van der Waals surface area contributed by atoms with E-state index in [-0.39, 0.29) is 28.8 Å². The van der Waals surface area contributed by atoms with Crippen LogP contribution in [-0.4, -0.2) is 25.7 Å². The third kappa shape index (κ3) is 4.11. The Labute approximate surface area is 156 Å². The summed E-state index contributed by atoms with van der Waals surface area (Å²) in [5.41, 5.74) is 7.56. The molecule has 8 heteroatoms. The van der Waals surface area contributed by atoms with Gasteiger partial charge >= 0.3 is 0 Å². The van der Waals surface area contributed by atoms with Crippen molar-refractivity contribution < 1.29 is 4.79 Å². The van der Waals surface area contributed by atoms with E-state index in [1.54, 1.807) is 6.20 Å². The van der Waals surface area contributed by atoms with Crippen molar-refractivity contribution in [2.45, 2.75) is 27.3 Å². The quantitative estimate of drug-likeness (QED) is 0.572. The molecule has 1 aromatic carbocycles. The molecule has 0 aliphatic carbocycles. The number of ketones is 1. The number of nitrogen functional groups attached to an aromatic ring is 1. The van der Waals surface area contributed by atoms with Gasteiger partial charge in [-0.2, -0.15) is 4.98 Å². The molecule has 27 heavy (non-hydrogen) atoms. The minimum absolute atomic E-state index is 0.00842. The summed E-state index contributed by atoms with van der Waals surface area (Å²) in [5.74, 6) is 0.434. The van der Waals surface area contributed by atoms with Crippen LogP contribution in [0.15, 0.2) is 35.3 Å². The highest BCUT2D eigenvalue weighted by molar-refractivity contribution is 5.98. The number of H-pyrrole nitrogens is 1. The number of benzene rings is 1. The van der Waals surface area contributed by atoms with E-state index in [9.17, 15) is 9.59 Å². The second kappa shape index (κ2) is 7.53. The largest absolute Gasteiger partial charge is 0.379 e. The number of nitrogens with one attached hydrogen (secondary N) is 2. The van der Waals surface area contributed by atoms with Crippen molar-refractivity contribution >= 4 is 28.6 Å². The summed E-state index contributed by atoms with van der Waals surface area (Å²) in [5, 5.41) is 3.20. The van der Waals surface area contributed by atoms with Gasteiger partial charge in [-0.15, -0.1) is 0 Å². The topological polar surface area (TPSA) is 127 Å². The van der Waals surface area contributed by atoms with Crippen LogP contribution in [-0.2, 0) is 6.54 Å². The van der Waals surface area contributed by atoms with Crippen molar-refractivity contribution in [3.63, 3.8) is 0 Å². The van der Waals surface area contributed by atoms with Crippen LogP contribution in [0.1, 0.15) is 36.8 Å². The van der Waals surface area contributed by atoms with Crippen molar-refractivity contribution in [3.8, 4) is 0 Å². The summed E-state index contributed by atoms with van der Waals surface area (Å²) in [6, 6.07) is 7.33. The van der Waals surface area contributed by atoms with Crippen LogP contribution in [0.3, 0.4) is 0 Å². The van der Waals surface area contributed by atoms with E-state index >= 15 is 0 Å². The maximum atomic E-state index is 12.4. The molecule has 1 unspecified atom stereocenters. The maximum absolute atomic E-state index is 12.4. The third-order valence-electron chi connectivity index (χ3n) is 4.54. The number of Topliss-reactive ketones (excluding diaryl/α,β-unsaturated/α-hetero) is 1. The molecule has 0 amide bonds. The number of carbonyl (C=O) groups excluding carboxylic acids is 1. The Kier molecular flexibility index (Phi) is 5.16. The summed E-state index contributed by atoms with van der Waals surface area (Å²) in [6.45, 7) is 6.40. The third-order valence-corrected chi connectivity index (χ3v) is 4.54. The molecule has 0 fully saturated rings. The van der Waals surface area contributed by atoms with Crippen LogP contribution in [0.4, 0.5) is 11.6 Å². The number of fused-ring (bicyclic) bond motifs is 1. The molecule has 0 saturated carbocycles. The van der Waals surface area contributed by atoms with Crippen LogP contribution < -0.4 is 16.6 Å². The van der Waals surface area contributed by atoms with Gasteiger partial charge in [-0.25, -0.2) is 9.97 Å². The van der Waals surface area contributed by atoms with Gasteiger partial charge in [0, 0.05) is 17.2 Å². The molecule has 8 nitrogen and oxygen atoms in total. The zero-order chi connectivity index (χ0) is 19.6. The summed E-state index contributed by atoms with van der Waals surface area (Å²) >= 11 is 0. The van der Waals surface area contributed by atoms with Gasteiger partial charge in [-0.05, 0) is 30.2 Å². The molecular formula is C19H22N6O2. The minimum atomic E-state index is -0.422. The number of hydrogen-bond donors (Lipinski definition) is 3. The van der Waals surface area contributed by atoms with Crippen molar-refractivity contribution in [3.05, 3.63) is 52.1 Å². The van der Waals surface area contributed by atoms with Crippen LogP contribution in [0.5, 0.6) is 0 Å². The maximum Gasteiger partial charge on any atom is 0.280 e. The summed E-state index contributed by atoms with van der Waals surface area (Å²) in [6.07, 6.45) is 1.55. The van der Waals surface area contributed by atoms with Gasteiger partial charge in [0.2, 0.25) is 5.95 Å². The Morgan fingerprint density at radius 1 is 1.19 bits per heavy atom. The van der Waals surface area contributed by atoms with E-state index in [4.69, 9.17) is 5.73 Å². The SMILES string of the molecule is CC(C)C(C)C(=O)c1ccc(NCc2cnc3nc(N)[nH]c(=O)c3n2)cc1. The lowest BCUT2D eigenvalue weighted by Gasteiger charge is -2.14. The number of anilines is 2. The molecule has 0 bridgehead atoms. The fourth-order valence-electron chi connectivity index (χ4n) is 2.57. The average Bonchev–Trinajstić information content (AvgIpc) is 2.65. The molecule has 0 spiro atoms. The first-order valence-corrected chi connectivity index (χ1v) is 8.74. The van der Waals surface area contributed by atoms with Crippen LogP contribution >= 0.6 is 0 Å². The monoisotopic (exact) mass is 366 g/mol. The minimum Gasteiger partial charge on any atom is -0.379 e. The van der Waals surface area contributed by atoms with Crippen molar-refractivity contribution in [1.82, 2.24) is 19.9 Å². The van der Waals surface area contributed by atoms with Crippen LogP contribution in [0.25, 0.3) is 11.2 Å². The number of nitrogens with zero attached hydrogens (tertiary/aromatic N) is 3. The zero-order valence-corrected chi connectivity index (χ0v) is 15.5. The number of nitrogens with two attached hydrogens (primary N) is 1. The van der Waals surface area contributed by atoms with Gasteiger partial charge in [-0.1, -0.05) is 20.8 Å². The number of hydrogen-bond acceptors (Lipinski definition) is 7. The van der Waals surface area contributed by atoms with E-state index in [0.29, 0.717) is 23.7 Å². The van der Waals surface area contributed by atoms with Gasteiger partial charge in [-0.3, -0.25) is 14.6 Å². The highest BCUT2D eigenvalue weighted by atomic mass is 16.1. The molecule has 0 radical (unpaired) electrons. The lowest BCUT2D eigenvalue weighted by molar-refractivity contribution is 0.0900. The lowest BCUT2D eigenvalue weighted by Crippen LogP contribution is -2.17. The summed E-state index contributed by atoms with van der Waals surface area (Å²) in [7, 11) is 0. The van der Waals surface area contributed by atoms with E-state index in [1.807, 2.05) is 45.0 Å². The Bertz CT molecular complexity index is 1030. The lowest BCUT2D eigenvalue weighted by atomic mass is 9.90. The molecule has 2 heterocycles. The fraction of sp³-hybridized carbons (Fsp3) is 0.316. The molecule has 0 aliphatic heterocycles. The van der Waals surface area contributed by atoms with Gasteiger partial charge in [0.05, 0.1) is 18.4 Å². The predicted octanol–water partition coefficient (Wildman–Crippen LogP) is 2.38. The first-order chi connectivity index (χ1) is 12.8. The van der Waals surface area contributed by atoms with Gasteiger partial charge < -0.3 is 11.1 Å². The van der Waals surface area contributed by atoms with Crippen molar-refractivity contribution in [2.24, 2.45) is 11.8 Å². The van der Waals surface area contributed by atoms with E-state index in [1.165, 1.54) is 0 Å². The van der Waals surface area contributed by atoms with E-state index in [2.05, 4.69) is 25.3 Å². The Hall–Kier alpha value is -3.29. The molecule has 4 N–H and O–H groups in total. The van der Waals surface area contributed by atoms with E-state index in [0.717, 1.165) is 5.69 Å². The molecule has 0 saturated heterocycles. The van der Waals surface area contributed by atoms with Crippen molar-refractivity contribution in [2.75, 3.05) is 11.1 Å². The number of aromatic nitrogens is 4. The van der Waals surface area contributed by atoms with E-state index < -0.39 is 5.56 Å². The number of carbonyl (C=O) groups is 1. The number of aromatic amines is 1. The van der Waals surface area contributed by atoms with Gasteiger partial charge in [0.25, 0.3) is 5.56 Å². The Balaban J connectivity index is 1.71. The molecular weight excluding hydrogens is 344 g/mol. The standard InChI is InChI=1S/C19H22N6O2/c1-10(2)11(3)16(26)12-4-6-13(7-5-12)21-8-14-9-22-17-15(23-14)18(27)25-19(20)24-17/h4-7,9-11,21H,8H2,1-3H3,(H3,20,22,24,25,27). The second-order valence-electron chi connectivity index (χ2n) is 6.81.